The number of hydrogen-bond donors (Lipinski definition) is 2. The molecule has 188 valence electrons. The standard InChI is InChI=1S/C29H27FN4O2S/c1-17(2)28(35)32-22-12-11-21(16-18(22)3)34-27(26(33-29(34)37)23-6-4-5-15-31-23)25-14-13-24(36-25)19-7-9-20(30)10-8-19/h4-17,26-27H,1-3H3,(H,32,35)(H,33,37)/t26-,27+/m0/s1. The minimum atomic E-state index is -0.327. The molecule has 1 amide bonds. The molecule has 2 aromatic heterocycles. The van der Waals surface area contributed by atoms with Crippen LogP contribution >= 0.6 is 12.2 Å². The molecule has 2 atom stereocenters. The van der Waals surface area contributed by atoms with E-state index in [0.29, 0.717) is 16.6 Å². The Morgan fingerprint density at radius 3 is 2.57 bits per heavy atom. The maximum atomic E-state index is 13.5. The van der Waals surface area contributed by atoms with E-state index in [2.05, 4.69) is 15.6 Å². The van der Waals surface area contributed by atoms with Gasteiger partial charge < -0.3 is 20.0 Å². The van der Waals surface area contributed by atoms with Crippen molar-refractivity contribution in [2.24, 2.45) is 5.92 Å². The van der Waals surface area contributed by atoms with Gasteiger partial charge in [-0.3, -0.25) is 9.78 Å². The highest BCUT2D eigenvalue weighted by Crippen LogP contribution is 2.43. The lowest BCUT2D eigenvalue weighted by atomic mass is 10.0. The quantitative estimate of drug-likeness (QED) is 0.284. The van der Waals surface area contributed by atoms with Crippen LogP contribution in [-0.2, 0) is 4.79 Å². The van der Waals surface area contributed by atoms with Crippen LogP contribution in [0.4, 0.5) is 15.8 Å². The predicted octanol–water partition coefficient (Wildman–Crippen LogP) is 6.56. The van der Waals surface area contributed by atoms with Crippen molar-refractivity contribution < 1.29 is 13.6 Å². The highest BCUT2D eigenvalue weighted by Gasteiger charge is 2.42. The molecule has 2 aromatic carbocycles. The number of anilines is 2. The highest BCUT2D eigenvalue weighted by atomic mass is 32.1. The maximum absolute atomic E-state index is 13.5. The third kappa shape index (κ3) is 4.97. The van der Waals surface area contributed by atoms with Gasteiger partial charge in [0.1, 0.15) is 23.4 Å². The van der Waals surface area contributed by atoms with Crippen molar-refractivity contribution in [1.29, 1.82) is 0 Å². The van der Waals surface area contributed by atoms with E-state index >= 15 is 0 Å². The lowest BCUT2D eigenvalue weighted by Gasteiger charge is -2.27. The first-order valence-electron chi connectivity index (χ1n) is 12.1. The zero-order valence-electron chi connectivity index (χ0n) is 20.7. The van der Waals surface area contributed by atoms with Crippen molar-refractivity contribution in [2.75, 3.05) is 10.2 Å². The van der Waals surface area contributed by atoms with Crippen LogP contribution in [0.15, 0.2) is 83.4 Å². The summed E-state index contributed by atoms with van der Waals surface area (Å²) < 4.78 is 19.8. The van der Waals surface area contributed by atoms with Crippen LogP contribution in [0.25, 0.3) is 11.3 Å². The number of carbonyl (C=O) groups excluding carboxylic acids is 1. The van der Waals surface area contributed by atoms with E-state index in [9.17, 15) is 9.18 Å². The Balaban J connectivity index is 1.54. The molecule has 4 aromatic rings. The number of aryl methyl sites for hydroxylation is 1. The van der Waals surface area contributed by atoms with Crippen molar-refractivity contribution in [1.82, 2.24) is 10.3 Å². The summed E-state index contributed by atoms with van der Waals surface area (Å²) in [5.74, 6) is 0.872. The van der Waals surface area contributed by atoms with Crippen LogP contribution < -0.4 is 15.5 Å². The molecule has 5 rings (SSSR count). The second kappa shape index (κ2) is 10.1. The van der Waals surface area contributed by atoms with Gasteiger partial charge in [0.05, 0.1) is 11.7 Å². The Labute approximate surface area is 220 Å². The Bertz CT molecular complexity index is 1440. The van der Waals surface area contributed by atoms with Gasteiger partial charge in [-0.25, -0.2) is 4.39 Å². The van der Waals surface area contributed by atoms with Gasteiger partial charge in [-0.2, -0.15) is 0 Å². The summed E-state index contributed by atoms with van der Waals surface area (Å²) in [5, 5.41) is 6.94. The largest absolute Gasteiger partial charge is 0.459 e. The summed E-state index contributed by atoms with van der Waals surface area (Å²) in [4.78, 5) is 18.8. The van der Waals surface area contributed by atoms with Gasteiger partial charge in [-0.15, -0.1) is 0 Å². The van der Waals surface area contributed by atoms with Crippen LogP contribution in [0, 0.1) is 18.7 Å². The van der Waals surface area contributed by atoms with Crippen LogP contribution in [-0.4, -0.2) is 16.0 Å². The fourth-order valence-electron chi connectivity index (χ4n) is 4.42. The average Bonchev–Trinajstić information content (AvgIpc) is 3.51. The number of aromatic nitrogens is 1. The van der Waals surface area contributed by atoms with E-state index in [-0.39, 0.29) is 29.7 Å². The molecule has 8 heteroatoms. The summed E-state index contributed by atoms with van der Waals surface area (Å²) in [6.45, 7) is 5.68. The van der Waals surface area contributed by atoms with Crippen LogP contribution in [0.2, 0.25) is 0 Å². The number of nitrogens with zero attached hydrogens (tertiary/aromatic N) is 2. The molecule has 0 saturated carbocycles. The van der Waals surface area contributed by atoms with E-state index in [0.717, 1.165) is 28.2 Å². The highest BCUT2D eigenvalue weighted by molar-refractivity contribution is 7.80. The Kier molecular flexibility index (Phi) is 6.76. The molecule has 1 aliphatic heterocycles. The van der Waals surface area contributed by atoms with Crippen molar-refractivity contribution in [2.45, 2.75) is 32.9 Å². The lowest BCUT2D eigenvalue weighted by Crippen LogP contribution is -2.29. The Morgan fingerprint density at radius 2 is 1.89 bits per heavy atom. The third-order valence-corrected chi connectivity index (χ3v) is 6.73. The summed E-state index contributed by atoms with van der Waals surface area (Å²) in [5.41, 5.74) is 4.15. The number of hydrogen-bond acceptors (Lipinski definition) is 4. The number of rotatable bonds is 6. The number of nitrogens with one attached hydrogen (secondary N) is 2. The number of carbonyl (C=O) groups is 1. The summed E-state index contributed by atoms with van der Waals surface area (Å²) in [6, 6.07) is 21.0. The second-order valence-corrected chi connectivity index (χ2v) is 9.74. The minimum absolute atomic E-state index is 0.0359. The van der Waals surface area contributed by atoms with E-state index < -0.39 is 0 Å². The molecule has 1 saturated heterocycles. The molecule has 0 spiro atoms. The average molecular weight is 515 g/mol. The first kappa shape index (κ1) is 24.6. The van der Waals surface area contributed by atoms with Gasteiger partial charge >= 0.3 is 0 Å². The number of amides is 1. The van der Waals surface area contributed by atoms with E-state index in [1.54, 1.807) is 18.3 Å². The lowest BCUT2D eigenvalue weighted by molar-refractivity contribution is -0.118. The molecular weight excluding hydrogens is 487 g/mol. The minimum Gasteiger partial charge on any atom is -0.459 e. The summed E-state index contributed by atoms with van der Waals surface area (Å²) in [7, 11) is 0. The van der Waals surface area contributed by atoms with Crippen molar-refractivity contribution in [3.8, 4) is 11.3 Å². The van der Waals surface area contributed by atoms with Gasteiger partial charge in [0.2, 0.25) is 5.91 Å². The number of pyridine rings is 1. The summed E-state index contributed by atoms with van der Waals surface area (Å²) >= 11 is 5.81. The molecule has 6 nitrogen and oxygen atoms in total. The molecule has 1 fully saturated rings. The van der Waals surface area contributed by atoms with Gasteiger partial charge in [0.25, 0.3) is 0 Å². The van der Waals surface area contributed by atoms with Crippen LogP contribution in [0.3, 0.4) is 0 Å². The van der Waals surface area contributed by atoms with Gasteiger partial charge in [0.15, 0.2) is 5.11 Å². The fraction of sp³-hybridized carbons (Fsp3) is 0.207. The van der Waals surface area contributed by atoms with E-state index in [4.69, 9.17) is 16.6 Å². The normalized spacial score (nSPS) is 17.2. The van der Waals surface area contributed by atoms with Crippen LogP contribution in [0.1, 0.15) is 42.9 Å². The Morgan fingerprint density at radius 1 is 1.11 bits per heavy atom. The molecule has 0 radical (unpaired) electrons. The fourth-order valence-corrected chi connectivity index (χ4v) is 4.76. The SMILES string of the molecule is Cc1cc(N2C(=S)N[C@@H](c3ccccn3)[C@H]2c2ccc(-c3ccc(F)cc3)o2)ccc1NC(=O)C(C)C. The molecule has 1 aliphatic rings. The molecule has 0 aliphatic carbocycles. The van der Waals surface area contributed by atoms with Gasteiger partial charge in [-0.1, -0.05) is 19.9 Å². The first-order valence-corrected chi connectivity index (χ1v) is 12.5. The Hall–Kier alpha value is -4.04. The molecule has 3 heterocycles. The predicted molar refractivity (Wildman–Crippen MR) is 147 cm³/mol. The molecule has 0 unspecified atom stereocenters. The maximum Gasteiger partial charge on any atom is 0.226 e. The monoisotopic (exact) mass is 514 g/mol. The third-order valence-electron chi connectivity index (χ3n) is 6.42. The molecule has 2 N–H and O–H groups in total. The molecule has 0 bridgehead atoms. The van der Waals surface area contributed by atoms with E-state index in [1.807, 2.05) is 74.2 Å². The van der Waals surface area contributed by atoms with Gasteiger partial charge in [0, 0.05) is 29.1 Å². The smallest absolute Gasteiger partial charge is 0.226 e. The molecule has 37 heavy (non-hydrogen) atoms. The number of furan rings is 1. The van der Waals surface area contributed by atoms with Gasteiger partial charge in [-0.05, 0) is 91.4 Å². The zero-order chi connectivity index (χ0) is 26.1. The van der Waals surface area contributed by atoms with Crippen molar-refractivity contribution in [3.63, 3.8) is 0 Å². The number of benzene rings is 2. The summed E-state index contributed by atoms with van der Waals surface area (Å²) in [6.07, 6.45) is 1.75. The zero-order valence-corrected chi connectivity index (χ0v) is 21.6. The topological polar surface area (TPSA) is 70.4 Å². The van der Waals surface area contributed by atoms with Crippen LogP contribution in [0.5, 0.6) is 0 Å². The van der Waals surface area contributed by atoms with Crippen molar-refractivity contribution >= 4 is 34.6 Å². The second-order valence-electron chi connectivity index (χ2n) is 9.35. The number of halogens is 1. The van der Waals surface area contributed by atoms with Crippen molar-refractivity contribution in [3.05, 3.63) is 102 Å². The van der Waals surface area contributed by atoms with E-state index in [1.165, 1.54) is 12.1 Å². The number of thiocarbonyl (C=S) groups is 1. The molecular formula is C29H27FN4O2S. The first-order chi connectivity index (χ1) is 17.8.